The number of hydrogen-bond donors (Lipinski definition) is 1. The van der Waals surface area contributed by atoms with Gasteiger partial charge in [0.15, 0.2) is 0 Å². The molecule has 0 atom stereocenters. The first-order valence-electron chi connectivity index (χ1n) is 10.8. The third-order valence-electron chi connectivity index (χ3n) is 5.71. The minimum absolute atomic E-state index is 0.0770. The molecule has 7 heteroatoms. The lowest BCUT2D eigenvalue weighted by Crippen LogP contribution is -2.47. The summed E-state index contributed by atoms with van der Waals surface area (Å²) in [4.78, 5) is 21.6. The molecular formula is C25H26Cl2N4O. The van der Waals surface area contributed by atoms with Crippen LogP contribution in [0.4, 0.5) is 11.4 Å². The van der Waals surface area contributed by atoms with E-state index in [1.807, 2.05) is 36.7 Å². The fraction of sp³-hybridized carbons (Fsp3) is 0.280. The van der Waals surface area contributed by atoms with E-state index >= 15 is 0 Å². The van der Waals surface area contributed by atoms with Crippen LogP contribution in [0.1, 0.15) is 11.1 Å². The molecule has 3 aromatic rings. The van der Waals surface area contributed by atoms with Gasteiger partial charge in [-0.25, -0.2) is 0 Å². The molecule has 0 bridgehead atoms. The molecule has 0 unspecified atom stereocenters. The highest BCUT2D eigenvalue weighted by molar-refractivity contribution is 6.42. The summed E-state index contributed by atoms with van der Waals surface area (Å²) in [6, 6.07) is 17.4. The van der Waals surface area contributed by atoms with Crippen LogP contribution in [0, 0.1) is 0 Å². The summed E-state index contributed by atoms with van der Waals surface area (Å²) in [5.41, 5.74) is 4.04. The summed E-state index contributed by atoms with van der Waals surface area (Å²) in [6.45, 7) is 4.89. The van der Waals surface area contributed by atoms with Crippen LogP contribution in [0.2, 0.25) is 10.0 Å². The van der Waals surface area contributed by atoms with Crippen LogP contribution in [0.25, 0.3) is 0 Å². The average Bonchev–Trinajstić information content (AvgIpc) is 2.81. The molecule has 1 fully saturated rings. The Hall–Kier alpha value is -2.60. The van der Waals surface area contributed by atoms with Gasteiger partial charge in [-0.1, -0.05) is 41.4 Å². The lowest BCUT2D eigenvalue weighted by atomic mass is 10.1. The maximum atomic E-state index is 12.7. The molecule has 1 aliphatic heterocycles. The maximum absolute atomic E-state index is 12.7. The number of para-hydroxylation sites is 2. The Morgan fingerprint density at radius 2 is 1.66 bits per heavy atom. The molecule has 2 aromatic carbocycles. The second-order valence-corrected chi connectivity index (χ2v) is 8.74. The Labute approximate surface area is 199 Å². The highest BCUT2D eigenvalue weighted by Gasteiger charge is 2.19. The fourth-order valence-electron chi connectivity index (χ4n) is 3.93. The first kappa shape index (κ1) is 22.6. The van der Waals surface area contributed by atoms with Gasteiger partial charge in [-0.15, -0.1) is 0 Å². The van der Waals surface area contributed by atoms with Crippen molar-refractivity contribution in [3.8, 4) is 0 Å². The summed E-state index contributed by atoms with van der Waals surface area (Å²) < 4.78 is 0. The van der Waals surface area contributed by atoms with Crippen molar-refractivity contribution in [2.75, 3.05) is 42.9 Å². The van der Waals surface area contributed by atoms with E-state index in [4.69, 9.17) is 23.2 Å². The summed E-state index contributed by atoms with van der Waals surface area (Å²) in [5.74, 6) is -0.0770. The first-order chi connectivity index (χ1) is 15.6. The van der Waals surface area contributed by atoms with Crippen molar-refractivity contribution >= 4 is 40.5 Å². The van der Waals surface area contributed by atoms with Gasteiger partial charge in [-0.05, 0) is 53.9 Å². The number of aromatic nitrogens is 1. The largest absolute Gasteiger partial charge is 0.367 e. The Morgan fingerprint density at radius 1 is 0.906 bits per heavy atom. The summed E-state index contributed by atoms with van der Waals surface area (Å²) >= 11 is 12.0. The lowest BCUT2D eigenvalue weighted by molar-refractivity contribution is -0.115. The van der Waals surface area contributed by atoms with Gasteiger partial charge in [-0.3, -0.25) is 14.7 Å². The van der Waals surface area contributed by atoms with E-state index in [1.165, 1.54) is 5.56 Å². The lowest BCUT2D eigenvalue weighted by Gasteiger charge is -2.37. The van der Waals surface area contributed by atoms with Gasteiger partial charge in [0.05, 0.1) is 27.8 Å². The zero-order chi connectivity index (χ0) is 22.3. The molecule has 4 rings (SSSR count). The Bertz CT molecular complexity index is 1050. The summed E-state index contributed by atoms with van der Waals surface area (Å²) in [7, 11) is 0. The predicted molar refractivity (Wildman–Crippen MR) is 132 cm³/mol. The number of pyridine rings is 1. The van der Waals surface area contributed by atoms with E-state index in [2.05, 4.69) is 38.3 Å². The number of benzene rings is 2. The van der Waals surface area contributed by atoms with E-state index < -0.39 is 0 Å². The van der Waals surface area contributed by atoms with Crippen LogP contribution in [0.15, 0.2) is 67.0 Å². The second kappa shape index (κ2) is 10.8. The predicted octanol–water partition coefficient (Wildman–Crippen LogP) is 4.93. The van der Waals surface area contributed by atoms with Gasteiger partial charge >= 0.3 is 0 Å². The molecule has 0 aliphatic carbocycles. The standard InChI is InChI=1S/C25H26Cl2N4O/c26-21-6-5-20(17-22(21)27)18-25(32)29-23-3-1-2-4-24(23)31-15-13-30(14-16-31)12-9-19-7-10-28-11-8-19/h1-8,10-11,17H,9,12-16,18H2,(H,29,32). The summed E-state index contributed by atoms with van der Waals surface area (Å²) in [6.07, 6.45) is 4.97. The average molecular weight is 469 g/mol. The quantitative estimate of drug-likeness (QED) is 0.533. The van der Waals surface area contributed by atoms with Gasteiger partial charge in [0.1, 0.15) is 0 Å². The number of piperazine rings is 1. The molecule has 32 heavy (non-hydrogen) atoms. The number of amides is 1. The topological polar surface area (TPSA) is 48.5 Å². The van der Waals surface area contributed by atoms with Crippen LogP contribution < -0.4 is 10.2 Å². The van der Waals surface area contributed by atoms with Crippen molar-refractivity contribution in [3.05, 3.63) is 88.2 Å². The van der Waals surface area contributed by atoms with Gasteiger partial charge in [0, 0.05) is 45.1 Å². The molecule has 1 saturated heterocycles. The van der Waals surface area contributed by atoms with E-state index in [1.54, 1.807) is 12.1 Å². The summed E-state index contributed by atoms with van der Waals surface area (Å²) in [5, 5.41) is 4.02. The molecule has 0 saturated carbocycles. The maximum Gasteiger partial charge on any atom is 0.228 e. The van der Waals surface area contributed by atoms with Crippen molar-refractivity contribution in [1.82, 2.24) is 9.88 Å². The molecular weight excluding hydrogens is 443 g/mol. The Balaban J connectivity index is 1.33. The molecule has 1 aromatic heterocycles. The molecule has 1 aliphatic rings. The molecule has 0 radical (unpaired) electrons. The minimum Gasteiger partial charge on any atom is -0.367 e. The van der Waals surface area contributed by atoms with Crippen molar-refractivity contribution in [2.24, 2.45) is 0 Å². The number of halogens is 2. The van der Waals surface area contributed by atoms with Gasteiger partial charge < -0.3 is 10.2 Å². The van der Waals surface area contributed by atoms with Crippen molar-refractivity contribution in [2.45, 2.75) is 12.8 Å². The number of carbonyl (C=O) groups excluding carboxylic acids is 1. The second-order valence-electron chi connectivity index (χ2n) is 7.92. The third kappa shape index (κ3) is 6.00. The number of rotatable bonds is 7. The van der Waals surface area contributed by atoms with Gasteiger partial charge in [0.2, 0.25) is 5.91 Å². The van der Waals surface area contributed by atoms with E-state index in [0.717, 1.165) is 56.1 Å². The van der Waals surface area contributed by atoms with Crippen LogP contribution in [0.5, 0.6) is 0 Å². The molecule has 2 heterocycles. The SMILES string of the molecule is O=C(Cc1ccc(Cl)c(Cl)c1)Nc1ccccc1N1CCN(CCc2ccncc2)CC1. The minimum atomic E-state index is -0.0770. The fourth-order valence-corrected chi connectivity index (χ4v) is 4.25. The van der Waals surface area contributed by atoms with Crippen LogP contribution in [-0.2, 0) is 17.6 Å². The first-order valence-corrected chi connectivity index (χ1v) is 11.5. The van der Waals surface area contributed by atoms with E-state index in [-0.39, 0.29) is 12.3 Å². The highest BCUT2D eigenvalue weighted by atomic mass is 35.5. The number of nitrogens with one attached hydrogen (secondary N) is 1. The van der Waals surface area contributed by atoms with Crippen LogP contribution in [0.3, 0.4) is 0 Å². The molecule has 1 N–H and O–H groups in total. The number of carbonyl (C=O) groups is 1. The van der Waals surface area contributed by atoms with Crippen molar-refractivity contribution in [3.63, 3.8) is 0 Å². The Morgan fingerprint density at radius 3 is 2.41 bits per heavy atom. The molecule has 5 nitrogen and oxygen atoms in total. The normalized spacial score (nSPS) is 14.4. The third-order valence-corrected chi connectivity index (χ3v) is 6.44. The van der Waals surface area contributed by atoms with Crippen molar-refractivity contribution < 1.29 is 4.79 Å². The van der Waals surface area contributed by atoms with Crippen LogP contribution in [-0.4, -0.2) is 48.5 Å². The van der Waals surface area contributed by atoms with Crippen molar-refractivity contribution in [1.29, 1.82) is 0 Å². The van der Waals surface area contributed by atoms with E-state index in [0.29, 0.717) is 10.0 Å². The molecule has 1 amide bonds. The Kier molecular flexibility index (Phi) is 7.63. The molecule has 0 spiro atoms. The smallest absolute Gasteiger partial charge is 0.228 e. The zero-order valence-electron chi connectivity index (χ0n) is 17.8. The van der Waals surface area contributed by atoms with Gasteiger partial charge in [0.25, 0.3) is 0 Å². The van der Waals surface area contributed by atoms with Gasteiger partial charge in [-0.2, -0.15) is 0 Å². The number of anilines is 2. The molecule has 166 valence electrons. The monoisotopic (exact) mass is 468 g/mol. The zero-order valence-corrected chi connectivity index (χ0v) is 19.3. The number of nitrogens with zero attached hydrogens (tertiary/aromatic N) is 3. The highest BCUT2D eigenvalue weighted by Crippen LogP contribution is 2.27. The van der Waals surface area contributed by atoms with E-state index in [9.17, 15) is 4.79 Å². The number of hydrogen-bond acceptors (Lipinski definition) is 4. The van der Waals surface area contributed by atoms with Crippen LogP contribution >= 0.6 is 23.2 Å².